The van der Waals surface area contributed by atoms with Gasteiger partial charge in [0.1, 0.15) is 5.75 Å². The van der Waals surface area contributed by atoms with Gasteiger partial charge in [-0.2, -0.15) is 0 Å². The van der Waals surface area contributed by atoms with Crippen LogP contribution in [0.3, 0.4) is 0 Å². The lowest BCUT2D eigenvalue weighted by Crippen LogP contribution is -2.57. The molecule has 1 aromatic carbocycles. The monoisotopic (exact) mass is 290 g/mol. The number of hydrogen-bond donors (Lipinski definition) is 1. The second-order valence-electron chi connectivity index (χ2n) is 6.16. The van der Waals surface area contributed by atoms with Crippen LogP contribution in [0.15, 0.2) is 24.3 Å². The first-order chi connectivity index (χ1) is 10.3. The zero-order valence-electron chi connectivity index (χ0n) is 12.9. The van der Waals surface area contributed by atoms with Crippen LogP contribution < -0.4 is 10.5 Å². The van der Waals surface area contributed by atoms with Crippen LogP contribution in [0, 0.1) is 0 Å². The molecule has 4 heteroatoms. The molecule has 1 saturated heterocycles. The van der Waals surface area contributed by atoms with Crippen molar-refractivity contribution in [2.24, 2.45) is 5.73 Å². The number of ether oxygens (including phenoxy) is 2. The van der Waals surface area contributed by atoms with Crippen molar-refractivity contribution in [1.29, 1.82) is 0 Å². The summed E-state index contributed by atoms with van der Waals surface area (Å²) in [5.41, 5.74) is 8.06. The standard InChI is InChI=1S/C17H26N2O2/c1-20-15-6-4-14(5-7-15)16(18)17(8-2-3-9-17)19-10-12-21-13-11-19/h4-7,16H,2-3,8-13,18H2,1H3. The first-order valence-corrected chi connectivity index (χ1v) is 7.98. The minimum absolute atomic E-state index is 0.0593. The third-order valence-electron chi connectivity index (χ3n) is 5.16. The fourth-order valence-corrected chi connectivity index (χ4v) is 3.94. The molecule has 1 unspecified atom stereocenters. The second-order valence-corrected chi connectivity index (χ2v) is 6.16. The Kier molecular flexibility index (Phi) is 4.48. The van der Waals surface area contributed by atoms with Crippen molar-refractivity contribution in [2.75, 3.05) is 33.4 Å². The molecule has 1 saturated carbocycles. The highest BCUT2D eigenvalue weighted by molar-refractivity contribution is 5.31. The van der Waals surface area contributed by atoms with Crippen molar-refractivity contribution in [2.45, 2.75) is 37.3 Å². The number of morpholine rings is 1. The molecule has 1 aromatic rings. The van der Waals surface area contributed by atoms with Gasteiger partial charge in [0.15, 0.2) is 0 Å². The molecule has 0 bridgehead atoms. The molecule has 1 heterocycles. The predicted octanol–water partition coefficient (Wildman–Crippen LogP) is 2.34. The topological polar surface area (TPSA) is 47.7 Å². The Bertz CT molecular complexity index is 448. The molecule has 2 N–H and O–H groups in total. The van der Waals surface area contributed by atoms with Gasteiger partial charge >= 0.3 is 0 Å². The summed E-state index contributed by atoms with van der Waals surface area (Å²) in [5.74, 6) is 0.887. The van der Waals surface area contributed by atoms with E-state index in [0.29, 0.717) is 0 Å². The fraction of sp³-hybridized carbons (Fsp3) is 0.647. The van der Waals surface area contributed by atoms with E-state index in [9.17, 15) is 0 Å². The van der Waals surface area contributed by atoms with E-state index >= 15 is 0 Å². The summed E-state index contributed by atoms with van der Waals surface area (Å²) in [4.78, 5) is 2.58. The summed E-state index contributed by atoms with van der Waals surface area (Å²) in [7, 11) is 1.70. The van der Waals surface area contributed by atoms with Gasteiger partial charge in [-0.1, -0.05) is 25.0 Å². The Labute approximate surface area is 127 Å². The maximum absolute atomic E-state index is 6.73. The SMILES string of the molecule is COc1ccc(C(N)C2(N3CCOCC3)CCCC2)cc1. The largest absolute Gasteiger partial charge is 0.497 e. The summed E-state index contributed by atoms with van der Waals surface area (Å²) in [6, 6.07) is 8.31. The Morgan fingerprint density at radius 3 is 2.33 bits per heavy atom. The normalized spacial score (nSPS) is 23.9. The van der Waals surface area contributed by atoms with Crippen LogP contribution >= 0.6 is 0 Å². The number of methoxy groups -OCH3 is 1. The molecule has 0 radical (unpaired) electrons. The smallest absolute Gasteiger partial charge is 0.118 e. The summed E-state index contributed by atoms with van der Waals surface area (Å²) < 4.78 is 10.8. The number of benzene rings is 1. The first-order valence-electron chi connectivity index (χ1n) is 7.98. The van der Waals surface area contributed by atoms with Gasteiger partial charge in [-0.25, -0.2) is 0 Å². The number of nitrogens with zero attached hydrogens (tertiary/aromatic N) is 1. The highest BCUT2D eigenvalue weighted by Gasteiger charge is 2.45. The van der Waals surface area contributed by atoms with Gasteiger partial charge in [-0.3, -0.25) is 4.90 Å². The molecule has 1 aliphatic carbocycles. The van der Waals surface area contributed by atoms with Gasteiger partial charge in [0.25, 0.3) is 0 Å². The Balaban J connectivity index is 1.84. The molecule has 2 aliphatic rings. The Morgan fingerprint density at radius 1 is 1.14 bits per heavy atom. The molecule has 0 amide bonds. The Hall–Kier alpha value is -1.10. The third kappa shape index (κ3) is 2.80. The third-order valence-corrected chi connectivity index (χ3v) is 5.16. The minimum Gasteiger partial charge on any atom is -0.497 e. The summed E-state index contributed by atoms with van der Waals surface area (Å²) in [5, 5.41) is 0. The van der Waals surface area contributed by atoms with Crippen LogP contribution in [0.1, 0.15) is 37.3 Å². The maximum Gasteiger partial charge on any atom is 0.118 e. The lowest BCUT2D eigenvalue weighted by molar-refractivity contribution is -0.0311. The van der Waals surface area contributed by atoms with E-state index < -0.39 is 0 Å². The van der Waals surface area contributed by atoms with Crippen LogP contribution in [0.4, 0.5) is 0 Å². The van der Waals surface area contributed by atoms with E-state index in [1.165, 1.54) is 31.2 Å². The van der Waals surface area contributed by atoms with E-state index in [-0.39, 0.29) is 11.6 Å². The average molecular weight is 290 g/mol. The van der Waals surface area contributed by atoms with Gasteiger partial charge in [-0.05, 0) is 30.5 Å². The van der Waals surface area contributed by atoms with Gasteiger partial charge in [0.2, 0.25) is 0 Å². The predicted molar refractivity (Wildman–Crippen MR) is 83.5 cm³/mol. The zero-order valence-corrected chi connectivity index (χ0v) is 12.9. The Morgan fingerprint density at radius 2 is 1.76 bits per heavy atom. The van der Waals surface area contributed by atoms with E-state index in [1.54, 1.807) is 7.11 Å². The van der Waals surface area contributed by atoms with Crippen molar-refractivity contribution in [1.82, 2.24) is 4.90 Å². The molecule has 2 fully saturated rings. The lowest BCUT2D eigenvalue weighted by Gasteiger charge is -2.47. The molecule has 3 rings (SSSR count). The quantitative estimate of drug-likeness (QED) is 0.924. The molecule has 21 heavy (non-hydrogen) atoms. The van der Waals surface area contributed by atoms with Crippen molar-refractivity contribution in [3.8, 4) is 5.75 Å². The molecule has 1 aliphatic heterocycles. The van der Waals surface area contributed by atoms with E-state index in [4.69, 9.17) is 15.2 Å². The first kappa shape index (κ1) is 14.8. The van der Waals surface area contributed by atoms with Crippen molar-refractivity contribution in [3.63, 3.8) is 0 Å². The maximum atomic E-state index is 6.73. The minimum atomic E-state index is 0.0593. The van der Waals surface area contributed by atoms with Crippen LogP contribution in [-0.4, -0.2) is 43.9 Å². The van der Waals surface area contributed by atoms with Gasteiger partial charge in [-0.15, -0.1) is 0 Å². The molecule has 116 valence electrons. The number of nitrogens with two attached hydrogens (primary N) is 1. The molecule has 1 atom stereocenters. The summed E-state index contributed by atoms with van der Waals surface area (Å²) >= 11 is 0. The molecule has 4 nitrogen and oxygen atoms in total. The van der Waals surface area contributed by atoms with Crippen LogP contribution in [0.5, 0.6) is 5.75 Å². The fourth-order valence-electron chi connectivity index (χ4n) is 3.94. The van der Waals surface area contributed by atoms with Gasteiger partial charge in [0.05, 0.1) is 20.3 Å². The second kappa shape index (κ2) is 6.34. The average Bonchev–Trinajstić information content (AvgIpc) is 3.06. The van der Waals surface area contributed by atoms with Crippen LogP contribution in [-0.2, 0) is 4.74 Å². The number of rotatable bonds is 4. The van der Waals surface area contributed by atoms with Gasteiger partial charge in [0, 0.05) is 24.7 Å². The lowest BCUT2D eigenvalue weighted by atomic mass is 9.82. The van der Waals surface area contributed by atoms with Crippen molar-refractivity contribution < 1.29 is 9.47 Å². The van der Waals surface area contributed by atoms with E-state index in [2.05, 4.69) is 17.0 Å². The summed E-state index contributed by atoms with van der Waals surface area (Å²) in [6.45, 7) is 3.67. The zero-order chi connectivity index (χ0) is 14.7. The van der Waals surface area contributed by atoms with Crippen molar-refractivity contribution >= 4 is 0 Å². The molecular formula is C17H26N2O2. The highest BCUT2D eigenvalue weighted by Crippen LogP contribution is 2.43. The van der Waals surface area contributed by atoms with Crippen LogP contribution in [0.2, 0.25) is 0 Å². The van der Waals surface area contributed by atoms with E-state index in [1.807, 2.05) is 12.1 Å². The molecule has 0 spiro atoms. The van der Waals surface area contributed by atoms with E-state index in [0.717, 1.165) is 32.1 Å². The highest BCUT2D eigenvalue weighted by atomic mass is 16.5. The number of hydrogen-bond acceptors (Lipinski definition) is 4. The summed E-state index contributed by atoms with van der Waals surface area (Å²) in [6.07, 6.45) is 4.95. The van der Waals surface area contributed by atoms with Crippen molar-refractivity contribution in [3.05, 3.63) is 29.8 Å². The van der Waals surface area contributed by atoms with Gasteiger partial charge < -0.3 is 15.2 Å². The van der Waals surface area contributed by atoms with Crippen LogP contribution in [0.25, 0.3) is 0 Å². The molecular weight excluding hydrogens is 264 g/mol. The molecule has 0 aromatic heterocycles.